The van der Waals surface area contributed by atoms with Crippen LogP contribution in [0.15, 0.2) is 79.0 Å². The lowest BCUT2D eigenvalue weighted by Gasteiger charge is -2.35. The maximum atomic E-state index is 8.99. The van der Waals surface area contributed by atoms with Gasteiger partial charge in [0.2, 0.25) is 5.95 Å². The second-order valence-corrected chi connectivity index (χ2v) is 9.85. The van der Waals surface area contributed by atoms with E-state index in [-0.39, 0.29) is 0 Å². The summed E-state index contributed by atoms with van der Waals surface area (Å²) in [6.45, 7) is 10.6. The van der Waals surface area contributed by atoms with E-state index in [9.17, 15) is 0 Å². The third-order valence-corrected chi connectivity index (χ3v) is 6.89. The fraction of sp³-hybridized carbons (Fsp3) is 0.258. The van der Waals surface area contributed by atoms with E-state index in [1.807, 2.05) is 18.2 Å². The molecule has 1 aliphatic rings. The van der Waals surface area contributed by atoms with E-state index in [1.54, 1.807) is 18.3 Å². The van der Waals surface area contributed by atoms with Gasteiger partial charge >= 0.3 is 0 Å². The number of anilines is 4. The second-order valence-electron chi connectivity index (χ2n) is 9.85. The number of nitrogens with one attached hydrogen (secondary N) is 2. The van der Waals surface area contributed by atoms with Crippen molar-refractivity contribution in [1.29, 1.82) is 5.26 Å². The number of rotatable bonds is 8. The van der Waals surface area contributed by atoms with E-state index in [0.717, 1.165) is 56.5 Å². The summed E-state index contributed by atoms with van der Waals surface area (Å²) in [4.78, 5) is 14.1. The molecule has 0 amide bonds. The Bertz CT molecular complexity index is 1380. The van der Waals surface area contributed by atoms with Crippen molar-refractivity contribution in [3.8, 4) is 6.07 Å². The average Bonchev–Trinajstić information content (AvgIpc) is 2.93. The van der Waals surface area contributed by atoms with Gasteiger partial charge in [0, 0.05) is 56.8 Å². The molecule has 7 nitrogen and oxygen atoms in total. The molecule has 0 spiro atoms. The Balaban J connectivity index is 1.19. The standard InChI is InChI=1S/C31H33N7/c1-23-18-27(22-38-16-14-37(15-17-38)21-26-6-4-3-5-7-26)19-24(2)30(23)35-29-12-13-33-31(36-29)34-28-10-8-25(20-32)9-11-28/h3-13,18-19H,14-17,21-22H2,1-2H3,(H2,33,34,35,36). The molecule has 1 aromatic heterocycles. The molecule has 5 rings (SSSR count). The van der Waals surface area contributed by atoms with Crippen LogP contribution >= 0.6 is 0 Å². The van der Waals surface area contributed by atoms with Crippen LogP contribution < -0.4 is 10.6 Å². The summed E-state index contributed by atoms with van der Waals surface area (Å²) < 4.78 is 0. The van der Waals surface area contributed by atoms with Crippen LogP contribution in [0.25, 0.3) is 0 Å². The Morgan fingerprint density at radius 3 is 2.05 bits per heavy atom. The van der Waals surface area contributed by atoms with Gasteiger partial charge in [-0.2, -0.15) is 10.2 Å². The van der Waals surface area contributed by atoms with Gasteiger partial charge in [0.15, 0.2) is 0 Å². The van der Waals surface area contributed by atoms with E-state index in [0.29, 0.717) is 11.5 Å². The largest absolute Gasteiger partial charge is 0.340 e. The molecule has 1 aliphatic heterocycles. The van der Waals surface area contributed by atoms with Gasteiger partial charge in [0.05, 0.1) is 11.6 Å². The number of piperazine rings is 1. The van der Waals surface area contributed by atoms with Crippen molar-refractivity contribution < 1.29 is 0 Å². The lowest BCUT2D eigenvalue weighted by molar-refractivity contribution is 0.122. The molecule has 0 unspecified atom stereocenters. The first-order valence-corrected chi connectivity index (χ1v) is 13.0. The number of hydrogen-bond acceptors (Lipinski definition) is 7. The molecule has 0 atom stereocenters. The van der Waals surface area contributed by atoms with Crippen molar-refractivity contribution in [2.45, 2.75) is 26.9 Å². The van der Waals surface area contributed by atoms with Crippen molar-refractivity contribution in [2.24, 2.45) is 0 Å². The molecule has 2 heterocycles. The van der Waals surface area contributed by atoms with Crippen LogP contribution in [0.5, 0.6) is 0 Å². The average molecular weight is 504 g/mol. The lowest BCUT2D eigenvalue weighted by Crippen LogP contribution is -2.45. The molecule has 0 bridgehead atoms. The Hall–Kier alpha value is -4.25. The van der Waals surface area contributed by atoms with E-state index < -0.39 is 0 Å². The zero-order chi connectivity index (χ0) is 26.3. The molecule has 4 aromatic rings. The highest BCUT2D eigenvalue weighted by atomic mass is 15.3. The summed E-state index contributed by atoms with van der Waals surface area (Å²) >= 11 is 0. The van der Waals surface area contributed by atoms with Crippen LogP contribution in [0.2, 0.25) is 0 Å². The summed E-state index contributed by atoms with van der Waals surface area (Å²) in [6, 6.07) is 26.5. The van der Waals surface area contributed by atoms with Crippen LogP contribution in [-0.2, 0) is 13.1 Å². The first kappa shape index (κ1) is 25.4. The molecule has 7 heteroatoms. The van der Waals surface area contributed by atoms with Gasteiger partial charge < -0.3 is 10.6 Å². The fourth-order valence-electron chi connectivity index (χ4n) is 4.92. The number of nitrogens with zero attached hydrogens (tertiary/aromatic N) is 5. The van der Waals surface area contributed by atoms with Crippen molar-refractivity contribution in [3.05, 3.63) is 107 Å². The van der Waals surface area contributed by atoms with Gasteiger partial charge in [-0.3, -0.25) is 9.80 Å². The second kappa shape index (κ2) is 11.9. The maximum Gasteiger partial charge on any atom is 0.229 e. The van der Waals surface area contributed by atoms with Crippen LogP contribution in [-0.4, -0.2) is 45.9 Å². The van der Waals surface area contributed by atoms with Gasteiger partial charge in [0.25, 0.3) is 0 Å². The highest BCUT2D eigenvalue weighted by molar-refractivity contribution is 5.66. The predicted molar refractivity (Wildman–Crippen MR) is 153 cm³/mol. The van der Waals surface area contributed by atoms with Gasteiger partial charge in [0.1, 0.15) is 5.82 Å². The Morgan fingerprint density at radius 2 is 1.42 bits per heavy atom. The smallest absolute Gasteiger partial charge is 0.229 e. The number of hydrogen-bond donors (Lipinski definition) is 2. The molecule has 0 aliphatic carbocycles. The SMILES string of the molecule is Cc1cc(CN2CCN(Cc3ccccc3)CC2)cc(C)c1Nc1ccnc(Nc2ccc(C#N)cc2)n1. The molecule has 38 heavy (non-hydrogen) atoms. The summed E-state index contributed by atoms with van der Waals surface area (Å²) in [5, 5.41) is 15.7. The third kappa shape index (κ3) is 6.54. The zero-order valence-corrected chi connectivity index (χ0v) is 22.0. The molecule has 1 saturated heterocycles. The maximum absolute atomic E-state index is 8.99. The Labute approximate surface area is 224 Å². The third-order valence-electron chi connectivity index (χ3n) is 6.89. The van der Waals surface area contributed by atoms with Gasteiger partial charge in [-0.1, -0.05) is 42.5 Å². The highest BCUT2D eigenvalue weighted by Gasteiger charge is 2.18. The van der Waals surface area contributed by atoms with Crippen LogP contribution in [0.4, 0.5) is 23.1 Å². The Morgan fingerprint density at radius 1 is 0.789 bits per heavy atom. The molecular formula is C31H33N7. The van der Waals surface area contributed by atoms with Crippen molar-refractivity contribution in [2.75, 3.05) is 36.8 Å². The normalized spacial score (nSPS) is 14.1. The minimum absolute atomic E-state index is 0.498. The molecular weight excluding hydrogens is 470 g/mol. The van der Waals surface area contributed by atoms with Gasteiger partial charge in [-0.15, -0.1) is 0 Å². The summed E-state index contributed by atoms with van der Waals surface area (Å²) in [6.07, 6.45) is 1.73. The molecule has 2 N–H and O–H groups in total. The van der Waals surface area contributed by atoms with E-state index in [2.05, 4.69) is 92.8 Å². The molecule has 0 saturated carbocycles. The first-order valence-electron chi connectivity index (χ1n) is 13.0. The lowest BCUT2D eigenvalue weighted by atomic mass is 10.0. The van der Waals surface area contributed by atoms with E-state index in [1.165, 1.54) is 22.3 Å². The van der Waals surface area contributed by atoms with Crippen molar-refractivity contribution in [1.82, 2.24) is 19.8 Å². The minimum atomic E-state index is 0.498. The number of nitriles is 1. The predicted octanol–water partition coefficient (Wildman–Crippen LogP) is 5.77. The Kier molecular flexibility index (Phi) is 7.93. The van der Waals surface area contributed by atoms with Crippen LogP contribution in [0, 0.1) is 25.2 Å². The highest BCUT2D eigenvalue weighted by Crippen LogP contribution is 2.27. The van der Waals surface area contributed by atoms with E-state index in [4.69, 9.17) is 5.26 Å². The number of benzene rings is 3. The topological polar surface area (TPSA) is 80.1 Å². The van der Waals surface area contributed by atoms with E-state index >= 15 is 0 Å². The van der Waals surface area contributed by atoms with Gasteiger partial charge in [-0.05, 0) is 66.4 Å². The quantitative estimate of drug-likeness (QED) is 0.316. The summed E-state index contributed by atoms with van der Waals surface area (Å²) in [7, 11) is 0. The molecule has 0 radical (unpaired) electrons. The number of aromatic nitrogens is 2. The van der Waals surface area contributed by atoms with Crippen LogP contribution in [0.1, 0.15) is 27.8 Å². The molecule has 192 valence electrons. The number of aryl methyl sites for hydroxylation is 2. The monoisotopic (exact) mass is 503 g/mol. The zero-order valence-electron chi connectivity index (χ0n) is 22.0. The van der Waals surface area contributed by atoms with Gasteiger partial charge in [-0.25, -0.2) is 4.98 Å². The van der Waals surface area contributed by atoms with Crippen molar-refractivity contribution in [3.63, 3.8) is 0 Å². The molecule has 3 aromatic carbocycles. The minimum Gasteiger partial charge on any atom is -0.340 e. The summed E-state index contributed by atoms with van der Waals surface area (Å²) in [5.41, 5.74) is 7.64. The van der Waals surface area contributed by atoms with Crippen LogP contribution in [0.3, 0.4) is 0 Å². The molecule has 1 fully saturated rings. The summed E-state index contributed by atoms with van der Waals surface area (Å²) in [5.74, 6) is 1.22. The fourth-order valence-corrected chi connectivity index (χ4v) is 4.92. The van der Waals surface area contributed by atoms with Crippen molar-refractivity contribution >= 4 is 23.1 Å². The first-order chi connectivity index (χ1) is 18.6.